The summed E-state index contributed by atoms with van der Waals surface area (Å²) >= 11 is 0. The maximum atomic E-state index is 12.3. The lowest BCUT2D eigenvalue weighted by atomic mass is 10.2. The van der Waals surface area contributed by atoms with Crippen LogP contribution in [-0.2, 0) is 11.3 Å². The van der Waals surface area contributed by atoms with Gasteiger partial charge in [-0.3, -0.25) is 9.59 Å². The lowest BCUT2D eigenvalue weighted by molar-refractivity contribution is -0.118. The molecule has 106 valence electrons. The Kier molecular flexibility index (Phi) is 4.05. The van der Waals surface area contributed by atoms with E-state index in [4.69, 9.17) is 11.0 Å². The first-order valence-corrected chi connectivity index (χ1v) is 6.24. The fourth-order valence-electron chi connectivity index (χ4n) is 1.92. The van der Waals surface area contributed by atoms with Gasteiger partial charge >= 0.3 is 0 Å². The van der Waals surface area contributed by atoms with E-state index >= 15 is 0 Å². The summed E-state index contributed by atoms with van der Waals surface area (Å²) in [6.45, 7) is -0.139. The standard InChI is InChI=1S/C15H14N4O2/c1-18(13-5-3-2-4-11(13)8-16)15(21)10-19-9-12(17)6-7-14(19)20/h2-7,9H,10,17H2,1H3. The first-order chi connectivity index (χ1) is 10.0. The first kappa shape index (κ1) is 14.3. The SMILES string of the molecule is CN(C(=O)Cn1cc(N)ccc1=O)c1ccccc1C#N. The van der Waals surface area contributed by atoms with Crippen molar-refractivity contribution in [3.63, 3.8) is 0 Å². The molecule has 0 spiro atoms. The van der Waals surface area contributed by atoms with Crippen molar-refractivity contribution in [3.05, 3.63) is 58.5 Å². The molecular weight excluding hydrogens is 268 g/mol. The lowest BCUT2D eigenvalue weighted by Gasteiger charge is -2.19. The quantitative estimate of drug-likeness (QED) is 0.907. The maximum Gasteiger partial charge on any atom is 0.251 e. The monoisotopic (exact) mass is 282 g/mol. The third-order valence-electron chi connectivity index (χ3n) is 3.07. The summed E-state index contributed by atoms with van der Waals surface area (Å²) in [5.74, 6) is -0.314. The summed E-state index contributed by atoms with van der Waals surface area (Å²) in [5, 5.41) is 9.06. The number of nitriles is 1. The number of nitrogens with zero attached hydrogens (tertiary/aromatic N) is 3. The van der Waals surface area contributed by atoms with Crippen LogP contribution in [0.25, 0.3) is 0 Å². The van der Waals surface area contributed by atoms with Gasteiger partial charge in [0.15, 0.2) is 0 Å². The number of benzene rings is 1. The Morgan fingerprint density at radius 2 is 2.05 bits per heavy atom. The van der Waals surface area contributed by atoms with Crippen LogP contribution >= 0.6 is 0 Å². The molecule has 0 aliphatic carbocycles. The Bertz CT molecular complexity index is 774. The molecule has 2 aromatic rings. The number of carbonyl (C=O) groups is 1. The summed E-state index contributed by atoms with van der Waals surface area (Å²) < 4.78 is 1.24. The summed E-state index contributed by atoms with van der Waals surface area (Å²) in [7, 11) is 1.57. The second-order valence-electron chi connectivity index (χ2n) is 4.51. The number of hydrogen-bond acceptors (Lipinski definition) is 4. The molecule has 1 aromatic heterocycles. The number of aromatic nitrogens is 1. The van der Waals surface area contributed by atoms with E-state index in [1.807, 2.05) is 6.07 Å². The Morgan fingerprint density at radius 3 is 2.76 bits per heavy atom. The van der Waals surface area contributed by atoms with E-state index in [1.165, 1.54) is 27.8 Å². The highest BCUT2D eigenvalue weighted by atomic mass is 16.2. The van der Waals surface area contributed by atoms with Crippen molar-refractivity contribution in [1.29, 1.82) is 5.26 Å². The van der Waals surface area contributed by atoms with Crippen molar-refractivity contribution in [3.8, 4) is 6.07 Å². The van der Waals surface area contributed by atoms with Gasteiger partial charge in [0.2, 0.25) is 5.91 Å². The van der Waals surface area contributed by atoms with Crippen LogP contribution in [-0.4, -0.2) is 17.5 Å². The van der Waals surface area contributed by atoms with Gasteiger partial charge in [-0.1, -0.05) is 12.1 Å². The van der Waals surface area contributed by atoms with Crippen molar-refractivity contribution in [2.45, 2.75) is 6.54 Å². The Labute approximate surface area is 121 Å². The third kappa shape index (κ3) is 3.09. The van der Waals surface area contributed by atoms with Crippen LogP contribution in [0.3, 0.4) is 0 Å². The van der Waals surface area contributed by atoms with E-state index in [9.17, 15) is 9.59 Å². The van der Waals surface area contributed by atoms with Crippen LogP contribution in [0.5, 0.6) is 0 Å². The zero-order valence-electron chi connectivity index (χ0n) is 11.5. The number of carbonyl (C=O) groups excluding carboxylic acids is 1. The molecule has 0 aliphatic heterocycles. The molecular formula is C15H14N4O2. The Balaban J connectivity index is 2.26. The molecule has 0 unspecified atom stereocenters. The van der Waals surface area contributed by atoms with Gasteiger partial charge in [0.25, 0.3) is 5.56 Å². The molecule has 6 heteroatoms. The number of hydrogen-bond donors (Lipinski definition) is 1. The van der Waals surface area contributed by atoms with E-state index in [-0.39, 0.29) is 18.0 Å². The summed E-state index contributed by atoms with van der Waals surface area (Å²) in [6.07, 6.45) is 1.42. The molecule has 1 amide bonds. The number of nitrogens with two attached hydrogens (primary N) is 1. The van der Waals surface area contributed by atoms with E-state index in [2.05, 4.69) is 0 Å². The highest BCUT2D eigenvalue weighted by molar-refractivity contribution is 5.94. The van der Waals surface area contributed by atoms with Crippen LogP contribution in [0, 0.1) is 11.3 Å². The maximum absolute atomic E-state index is 12.3. The number of amides is 1. The zero-order valence-corrected chi connectivity index (χ0v) is 11.5. The molecule has 6 nitrogen and oxygen atoms in total. The van der Waals surface area contributed by atoms with E-state index in [0.717, 1.165) is 0 Å². The van der Waals surface area contributed by atoms with Gasteiger partial charge in [-0.2, -0.15) is 5.26 Å². The number of para-hydroxylation sites is 1. The Hall–Kier alpha value is -3.07. The van der Waals surface area contributed by atoms with Gasteiger partial charge in [0.1, 0.15) is 12.6 Å². The Morgan fingerprint density at radius 1 is 1.33 bits per heavy atom. The largest absolute Gasteiger partial charge is 0.398 e. The zero-order chi connectivity index (χ0) is 15.4. The van der Waals surface area contributed by atoms with Crippen LogP contribution in [0.2, 0.25) is 0 Å². The summed E-state index contributed by atoms with van der Waals surface area (Å²) in [5.41, 5.74) is 6.61. The van der Waals surface area contributed by atoms with Crippen molar-refractivity contribution < 1.29 is 4.79 Å². The van der Waals surface area contributed by atoms with Crippen LogP contribution < -0.4 is 16.2 Å². The molecule has 21 heavy (non-hydrogen) atoms. The topological polar surface area (TPSA) is 92.1 Å². The van der Waals surface area contributed by atoms with E-state index < -0.39 is 0 Å². The summed E-state index contributed by atoms with van der Waals surface area (Å²) in [6, 6.07) is 11.6. The molecule has 0 saturated carbocycles. The fraction of sp³-hybridized carbons (Fsp3) is 0.133. The molecule has 1 aromatic carbocycles. The smallest absolute Gasteiger partial charge is 0.251 e. The predicted molar refractivity (Wildman–Crippen MR) is 79.7 cm³/mol. The summed E-state index contributed by atoms with van der Waals surface area (Å²) in [4.78, 5) is 25.3. The second-order valence-corrected chi connectivity index (χ2v) is 4.51. The van der Waals surface area contributed by atoms with Crippen molar-refractivity contribution in [1.82, 2.24) is 4.57 Å². The number of likely N-dealkylation sites (N-methyl/N-ethyl adjacent to an activating group) is 1. The van der Waals surface area contributed by atoms with Crippen molar-refractivity contribution in [2.24, 2.45) is 0 Å². The molecule has 0 saturated heterocycles. The average Bonchev–Trinajstić information content (AvgIpc) is 2.50. The third-order valence-corrected chi connectivity index (χ3v) is 3.07. The molecule has 0 atom stereocenters. The van der Waals surface area contributed by atoms with Gasteiger partial charge in [-0.05, 0) is 18.2 Å². The van der Waals surface area contributed by atoms with E-state index in [1.54, 1.807) is 31.3 Å². The minimum Gasteiger partial charge on any atom is -0.398 e. The fourth-order valence-corrected chi connectivity index (χ4v) is 1.92. The van der Waals surface area contributed by atoms with Gasteiger partial charge in [-0.25, -0.2) is 0 Å². The highest BCUT2D eigenvalue weighted by Crippen LogP contribution is 2.18. The second kappa shape index (κ2) is 5.92. The molecule has 0 aliphatic rings. The van der Waals surface area contributed by atoms with Gasteiger partial charge in [-0.15, -0.1) is 0 Å². The molecule has 2 N–H and O–H groups in total. The molecule has 1 heterocycles. The average molecular weight is 282 g/mol. The van der Waals surface area contributed by atoms with Crippen LogP contribution in [0.15, 0.2) is 47.4 Å². The minimum absolute atomic E-state index is 0.139. The van der Waals surface area contributed by atoms with Gasteiger partial charge < -0.3 is 15.2 Å². The molecule has 0 bridgehead atoms. The number of pyridine rings is 1. The lowest BCUT2D eigenvalue weighted by Crippen LogP contribution is -2.34. The first-order valence-electron chi connectivity index (χ1n) is 6.24. The van der Waals surface area contributed by atoms with Crippen molar-refractivity contribution >= 4 is 17.3 Å². The van der Waals surface area contributed by atoms with Crippen LogP contribution in [0.4, 0.5) is 11.4 Å². The van der Waals surface area contributed by atoms with Crippen molar-refractivity contribution in [2.75, 3.05) is 17.7 Å². The number of anilines is 2. The molecule has 2 rings (SSSR count). The normalized spacial score (nSPS) is 9.90. The minimum atomic E-state index is -0.314. The highest BCUT2D eigenvalue weighted by Gasteiger charge is 2.15. The number of rotatable bonds is 3. The number of nitrogen functional groups attached to an aromatic ring is 1. The van der Waals surface area contributed by atoms with Gasteiger partial charge in [0, 0.05) is 25.0 Å². The molecule has 0 fully saturated rings. The van der Waals surface area contributed by atoms with E-state index in [0.29, 0.717) is 16.9 Å². The molecule has 0 radical (unpaired) electrons. The van der Waals surface area contributed by atoms with Gasteiger partial charge in [0.05, 0.1) is 11.3 Å². The predicted octanol–water partition coefficient (Wildman–Crippen LogP) is 0.965. The van der Waals surface area contributed by atoms with Crippen LogP contribution in [0.1, 0.15) is 5.56 Å².